The van der Waals surface area contributed by atoms with Gasteiger partial charge in [0.1, 0.15) is 6.04 Å². The summed E-state index contributed by atoms with van der Waals surface area (Å²) >= 11 is 0. The largest absolute Gasteiger partial charge is 0.338 e. The predicted molar refractivity (Wildman–Crippen MR) is 80.6 cm³/mol. The average molecular weight is 289 g/mol. The first-order chi connectivity index (χ1) is 10.2. The van der Waals surface area contributed by atoms with E-state index >= 15 is 0 Å². The van der Waals surface area contributed by atoms with Crippen LogP contribution in [0.1, 0.15) is 44.1 Å². The molecule has 0 aliphatic heterocycles. The first kappa shape index (κ1) is 15.3. The third-order valence-electron chi connectivity index (χ3n) is 3.49. The Morgan fingerprint density at radius 3 is 2.90 bits per heavy atom. The van der Waals surface area contributed by atoms with Gasteiger partial charge in [0, 0.05) is 19.4 Å². The first-order valence-corrected chi connectivity index (χ1v) is 7.43. The number of H-pyrrole nitrogens is 1. The second kappa shape index (κ2) is 7.06. The van der Waals surface area contributed by atoms with Crippen molar-refractivity contribution in [3.63, 3.8) is 0 Å². The summed E-state index contributed by atoms with van der Waals surface area (Å²) in [6, 6.07) is 3.62. The summed E-state index contributed by atoms with van der Waals surface area (Å²) in [4.78, 5) is 14.3. The molecule has 0 spiro atoms. The van der Waals surface area contributed by atoms with Crippen LogP contribution in [0.25, 0.3) is 0 Å². The number of carbonyl (C=O) groups excluding carboxylic acids is 1. The van der Waals surface area contributed by atoms with Crippen LogP contribution in [0, 0.1) is 0 Å². The molecule has 0 aliphatic carbocycles. The zero-order chi connectivity index (χ0) is 15.2. The maximum atomic E-state index is 12.5. The Balaban J connectivity index is 2.01. The molecule has 1 atom stereocenters. The summed E-state index contributed by atoms with van der Waals surface area (Å²) in [6.45, 7) is 4.65. The Bertz CT molecular complexity index is 560. The third kappa shape index (κ3) is 3.71. The monoisotopic (exact) mass is 289 g/mol. The molecule has 2 aromatic heterocycles. The van der Waals surface area contributed by atoms with Crippen molar-refractivity contribution < 1.29 is 4.79 Å². The molecule has 2 heterocycles. The highest BCUT2D eigenvalue weighted by Gasteiger charge is 2.22. The van der Waals surface area contributed by atoms with Crippen molar-refractivity contribution in [3.05, 3.63) is 35.9 Å². The van der Waals surface area contributed by atoms with E-state index in [0.717, 1.165) is 30.7 Å². The maximum absolute atomic E-state index is 12.5. The van der Waals surface area contributed by atoms with Crippen molar-refractivity contribution in [2.45, 2.75) is 45.7 Å². The van der Waals surface area contributed by atoms with Crippen molar-refractivity contribution in [3.8, 4) is 0 Å². The van der Waals surface area contributed by atoms with E-state index in [-0.39, 0.29) is 11.9 Å². The number of carbonyl (C=O) groups is 1. The molecular weight excluding hydrogens is 266 g/mol. The number of nitrogens with one attached hydrogen (secondary N) is 1. The average Bonchev–Trinajstić information content (AvgIpc) is 3.12. The van der Waals surface area contributed by atoms with Crippen molar-refractivity contribution in [1.82, 2.24) is 24.9 Å². The lowest BCUT2D eigenvalue weighted by Gasteiger charge is -2.22. The molecule has 6 nitrogen and oxygen atoms in total. The Morgan fingerprint density at radius 1 is 1.48 bits per heavy atom. The van der Waals surface area contributed by atoms with Gasteiger partial charge in [-0.05, 0) is 25.0 Å². The van der Waals surface area contributed by atoms with Gasteiger partial charge in [-0.2, -0.15) is 10.2 Å². The Hall–Kier alpha value is -2.11. The lowest BCUT2D eigenvalue weighted by atomic mass is 10.2. The van der Waals surface area contributed by atoms with Crippen LogP contribution in [0.5, 0.6) is 0 Å². The number of likely N-dealkylation sites (N-methyl/N-ethyl adjacent to an activating group) is 1. The Labute approximate surface area is 125 Å². The number of aromatic nitrogens is 4. The topological polar surface area (TPSA) is 66.8 Å². The van der Waals surface area contributed by atoms with Crippen LogP contribution in [0.3, 0.4) is 0 Å². The molecule has 114 valence electrons. The van der Waals surface area contributed by atoms with E-state index in [0.29, 0.717) is 6.54 Å². The molecule has 6 heteroatoms. The van der Waals surface area contributed by atoms with Crippen molar-refractivity contribution >= 4 is 5.91 Å². The van der Waals surface area contributed by atoms with E-state index < -0.39 is 0 Å². The van der Waals surface area contributed by atoms with Crippen LogP contribution in [0.15, 0.2) is 24.5 Å². The van der Waals surface area contributed by atoms with Gasteiger partial charge < -0.3 is 4.90 Å². The number of rotatable bonds is 7. The fourth-order valence-corrected chi connectivity index (χ4v) is 2.40. The van der Waals surface area contributed by atoms with Gasteiger partial charge in [-0.15, -0.1) is 0 Å². The fourth-order valence-electron chi connectivity index (χ4n) is 2.40. The minimum atomic E-state index is -0.247. The van der Waals surface area contributed by atoms with Gasteiger partial charge in [-0.1, -0.05) is 20.3 Å². The molecular formula is C15H23N5O. The summed E-state index contributed by atoms with van der Waals surface area (Å²) in [5.74, 6) is 0.0628. The fraction of sp³-hybridized carbons (Fsp3) is 0.533. The molecule has 0 radical (unpaired) electrons. The van der Waals surface area contributed by atoms with Crippen LogP contribution in [-0.4, -0.2) is 37.8 Å². The lowest BCUT2D eigenvalue weighted by molar-refractivity contribution is -0.134. The van der Waals surface area contributed by atoms with E-state index in [1.165, 1.54) is 0 Å². The van der Waals surface area contributed by atoms with E-state index in [2.05, 4.69) is 22.2 Å². The number of aromatic amines is 1. The van der Waals surface area contributed by atoms with Crippen molar-refractivity contribution in [1.29, 1.82) is 0 Å². The Kier molecular flexibility index (Phi) is 5.14. The second-order valence-corrected chi connectivity index (χ2v) is 5.24. The van der Waals surface area contributed by atoms with Crippen molar-refractivity contribution in [2.24, 2.45) is 0 Å². The molecule has 0 aliphatic rings. The Morgan fingerprint density at radius 2 is 2.29 bits per heavy atom. The quantitative estimate of drug-likeness (QED) is 0.849. The number of aryl methyl sites for hydroxylation is 1. The van der Waals surface area contributed by atoms with Crippen LogP contribution in [-0.2, 0) is 17.8 Å². The van der Waals surface area contributed by atoms with E-state index in [9.17, 15) is 4.79 Å². The smallest absolute Gasteiger partial charge is 0.247 e. The normalized spacial score (nSPS) is 12.3. The molecule has 0 unspecified atom stereocenters. The van der Waals surface area contributed by atoms with Crippen LogP contribution in [0.4, 0.5) is 0 Å². The van der Waals surface area contributed by atoms with Gasteiger partial charge in [0.2, 0.25) is 5.91 Å². The van der Waals surface area contributed by atoms with Crippen LogP contribution in [0.2, 0.25) is 0 Å². The number of nitrogens with zero attached hydrogens (tertiary/aromatic N) is 4. The molecule has 1 amide bonds. The number of hydrogen-bond acceptors (Lipinski definition) is 3. The molecule has 2 aromatic rings. The number of hydrogen-bond donors (Lipinski definition) is 1. The lowest BCUT2D eigenvalue weighted by Crippen LogP contribution is -2.34. The summed E-state index contributed by atoms with van der Waals surface area (Å²) in [5, 5.41) is 11.4. The predicted octanol–water partition coefficient (Wildman–Crippen LogP) is 2.17. The van der Waals surface area contributed by atoms with Gasteiger partial charge in [0.05, 0.1) is 17.9 Å². The molecule has 2 rings (SSSR count). The third-order valence-corrected chi connectivity index (χ3v) is 3.49. The van der Waals surface area contributed by atoms with Gasteiger partial charge in [0.15, 0.2) is 0 Å². The minimum absolute atomic E-state index is 0.0628. The van der Waals surface area contributed by atoms with Crippen LogP contribution < -0.4 is 0 Å². The highest BCUT2D eigenvalue weighted by atomic mass is 16.2. The van der Waals surface area contributed by atoms with Gasteiger partial charge >= 0.3 is 0 Å². The standard InChI is InChI=1S/C15H23N5O/c1-4-7-12-10-13(18-17-12)11-19(3)15(21)14(5-2)20-9-6-8-16-20/h6,8-10,14H,4-5,7,11H2,1-3H3,(H,17,18)/t14-/m1/s1. The summed E-state index contributed by atoms with van der Waals surface area (Å²) in [5.41, 5.74) is 2.01. The molecule has 0 fully saturated rings. The molecule has 0 aromatic carbocycles. The van der Waals surface area contributed by atoms with Crippen LogP contribution >= 0.6 is 0 Å². The summed E-state index contributed by atoms with van der Waals surface area (Å²) < 4.78 is 1.72. The molecule has 0 saturated heterocycles. The summed E-state index contributed by atoms with van der Waals surface area (Å²) in [7, 11) is 1.81. The van der Waals surface area contributed by atoms with E-state index in [1.807, 2.05) is 32.3 Å². The SMILES string of the molecule is CCCc1cc(CN(C)C(=O)[C@@H](CC)n2cccn2)[nH]n1. The molecule has 0 saturated carbocycles. The van der Waals surface area contributed by atoms with Crippen molar-refractivity contribution in [2.75, 3.05) is 7.05 Å². The maximum Gasteiger partial charge on any atom is 0.247 e. The second-order valence-electron chi connectivity index (χ2n) is 5.24. The highest BCUT2D eigenvalue weighted by Crippen LogP contribution is 2.14. The molecule has 0 bridgehead atoms. The number of amides is 1. The zero-order valence-corrected chi connectivity index (χ0v) is 12.9. The van der Waals surface area contributed by atoms with E-state index in [4.69, 9.17) is 0 Å². The zero-order valence-electron chi connectivity index (χ0n) is 12.9. The van der Waals surface area contributed by atoms with Gasteiger partial charge in [-0.3, -0.25) is 14.6 Å². The van der Waals surface area contributed by atoms with E-state index in [1.54, 1.807) is 15.8 Å². The minimum Gasteiger partial charge on any atom is -0.338 e. The van der Waals surface area contributed by atoms with Gasteiger partial charge in [-0.25, -0.2) is 0 Å². The molecule has 21 heavy (non-hydrogen) atoms. The summed E-state index contributed by atoms with van der Waals surface area (Å²) in [6.07, 6.45) is 6.27. The van der Waals surface area contributed by atoms with Gasteiger partial charge in [0.25, 0.3) is 0 Å². The molecule has 1 N–H and O–H groups in total. The first-order valence-electron chi connectivity index (χ1n) is 7.43. The highest BCUT2D eigenvalue weighted by molar-refractivity contribution is 5.80.